The average molecular weight is 358 g/mol. The summed E-state index contributed by atoms with van der Waals surface area (Å²) in [7, 11) is 0. The smallest absolute Gasteiger partial charge is 0.255 e. The molecule has 3 aromatic rings. The molecule has 1 amide bonds. The molecule has 1 aliphatic heterocycles. The molecule has 0 bridgehead atoms. The fourth-order valence-electron chi connectivity index (χ4n) is 3.03. The number of hydrogen-bond donors (Lipinski definition) is 1. The number of fused-ring (bicyclic) bond motifs is 1. The molecule has 0 radical (unpaired) electrons. The number of benzene rings is 2. The first-order chi connectivity index (χ1) is 11.7. The third-order valence-electron chi connectivity index (χ3n) is 4.25. The van der Waals surface area contributed by atoms with Crippen molar-refractivity contribution in [1.29, 1.82) is 0 Å². The van der Waals surface area contributed by atoms with Crippen LogP contribution in [-0.4, -0.2) is 24.0 Å². The molecule has 0 atom stereocenters. The second-order valence-electron chi connectivity index (χ2n) is 5.84. The van der Waals surface area contributed by atoms with E-state index >= 15 is 0 Å². The van der Waals surface area contributed by atoms with Gasteiger partial charge in [-0.2, -0.15) is 0 Å². The van der Waals surface area contributed by atoms with Crippen molar-refractivity contribution in [2.45, 2.75) is 12.8 Å². The predicted molar refractivity (Wildman–Crippen MR) is 100 cm³/mol. The molecule has 4 rings (SSSR count). The molecule has 2 heterocycles. The highest BCUT2D eigenvalue weighted by atomic mass is 35.5. The Morgan fingerprint density at radius 1 is 1.17 bits per heavy atom. The summed E-state index contributed by atoms with van der Waals surface area (Å²) in [5.74, 6) is -0.131. The molecule has 4 nitrogen and oxygen atoms in total. The van der Waals surface area contributed by atoms with Gasteiger partial charge in [-0.1, -0.05) is 11.6 Å². The number of carbonyl (C=O) groups excluding carboxylic acids is 1. The number of aromatic nitrogens is 1. The van der Waals surface area contributed by atoms with Crippen molar-refractivity contribution < 1.29 is 4.79 Å². The van der Waals surface area contributed by atoms with Crippen LogP contribution < -0.4 is 10.2 Å². The summed E-state index contributed by atoms with van der Waals surface area (Å²) in [6, 6.07) is 11.2. The van der Waals surface area contributed by atoms with Crippen molar-refractivity contribution in [3.63, 3.8) is 0 Å². The van der Waals surface area contributed by atoms with E-state index in [2.05, 4.69) is 15.2 Å². The van der Waals surface area contributed by atoms with Crippen LogP contribution in [-0.2, 0) is 0 Å². The van der Waals surface area contributed by atoms with Crippen LogP contribution in [0.5, 0.6) is 0 Å². The summed E-state index contributed by atoms with van der Waals surface area (Å²) in [6.45, 7) is 2.02. The lowest BCUT2D eigenvalue weighted by molar-refractivity contribution is 0.102. The topological polar surface area (TPSA) is 45.2 Å². The summed E-state index contributed by atoms with van der Waals surface area (Å²) < 4.78 is 1.01. The van der Waals surface area contributed by atoms with E-state index in [1.807, 2.05) is 30.3 Å². The maximum atomic E-state index is 12.7. The van der Waals surface area contributed by atoms with Crippen molar-refractivity contribution in [3.8, 4) is 0 Å². The second kappa shape index (κ2) is 6.42. The van der Waals surface area contributed by atoms with Crippen LogP contribution in [0.15, 0.2) is 41.9 Å². The van der Waals surface area contributed by atoms with Crippen LogP contribution in [0.1, 0.15) is 23.2 Å². The van der Waals surface area contributed by atoms with Crippen molar-refractivity contribution in [3.05, 3.63) is 52.5 Å². The zero-order valence-electron chi connectivity index (χ0n) is 13.0. The van der Waals surface area contributed by atoms with Gasteiger partial charge in [0.25, 0.3) is 5.91 Å². The van der Waals surface area contributed by atoms with E-state index in [0.717, 1.165) is 34.7 Å². The zero-order chi connectivity index (χ0) is 16.5. The SMILES string of the molecule is O=C(Nc1cc(Cl)ccc1N1CCCC1)c1ccc2ncsc2c1. The van der Waals surface area contributed by atoms with E-state index < -0.39 is 0 Å². The molecule has 0 saturated carbocycles. The molecular formula is C18H16ClN3OS. The molecule has 1 saturated heterocycles. The number of amides is 1. The fraction of sp³-hybridized carbons (Fsp3) is 0.222. The van der Waals surface area contributed by atoms with E-state index in [1.165, 1.54) is 24.2 Å². The lowest BCUT2D eigenvalue weighted by Crippen LogP contribution is -2.21. The van der Waals surface area contributed by atoms with Gasteiger partial charge in [-0.3, -0.25) is 4.79 Å². The number of nitrogens with zero attached hydrogens (tertiary/aromatic N) is 2. The van der Waals surface area contributed by atoms with Gasteiger partial charge in [0.05, 0.1) is 27.1 Å². The summed E-state index contributed by atoms with van der Waals surface area (Å²) >= 11 is 7.67. The summed E-state index contributed by atoms with van der Waals surface area (Å²) in [5, 5.41) is 3.64. The van der Waals surface area contributed by atoms with Crippen LogP contribution in [0.2, 0.25) is 5.02 Å². The van der Waals surface area contributed by atoms with E-state index in [1.54, 1.807) is 11.6 Å². The Bertz CT molecular complexity index is 902. The Hall–Kier alpha value is -2.11. The van der Waals surface area contributed by atoms with Gasteiger partial charge in [0, 0.05) is 23.7 Å². The zero-order valence-corrected chi connectivity index (χ0v) is 14.5. The monoisotopic (exact) mass is 357 g/mol. The second-order valence-corrected chi connectivity index (χ2v) is 7.17. The van der Waals surface area contributed by atoms with Crippen molar-refractivity contribution in [1.82, 2.24) is 4.98 Å². The molecule has 1 aliphatic rings. The summed E-state index contributed by atoms with van der Waals surface area (Å²) in [5.41, 5.74) is 5.12. The summed E-state index contributed by atoms with van der Waals surface area (Å²) in [6.07, 6.45) is 2.36. The predicted octanol–water partition coefficient (Wildman–Crippen LogP) is 4.80. The van der Waals surface area contributed by atoms with Gasteiger partial charge < -0.3 is 10.2 Å². The first-order valence-electron chi connectivity index (χ1n) is 7.90. The minimum absolute atomic E-state index is 0.131. The third kappa shape index (κ3) is 2.97. The van der Waals surface area contributed by atoms with Gasteiger partial charge in [0.15, 0.2) is 0 Å². The van der Waals surface area contributed by atoms with Gasteiger partial charge in [-0.05, 0) is 49.2 Å². The van der Waals surface area contributed by atoms with E-state index in [0.29, 0.717) is 10.6 Å². The normalized spacial score (nSPS) is 14.3. The number of hydrogen-bond acceptors (Lipinski definition) is 4. The molecule has 1 aromatic heterocycles. The van der Waals surface area contributed by atoms with E-state index in [4.69, 9.17) is 11.6 Å². The van der Waals surface area contributed by atoms with Crippen LogP contribution in [0.3, 0.4) is 0 Å². The van der Waals surface area contributed by atoms with Gasteiger partial charge in [0.1, 0.15) is 0 Å². The van der Waals surface area contributed by atoms with Crippen LogP contribution >= 0.6 is 22.9 Å². The number of carbonyl (C=O) groups is 1. The number of rotatable bonds is 3. The highest BCUT2D eigenvalue weighted by Gasteiger charge is 2.18. The van der Waals surface area contributed by atoms with Gasteiger partial charge in [-0.15, -0.1) is 11.3 Å². The van der Waals surface area contributed by atoms with Crippen molar-refractivity contribution in [2.75, 3.05) is 23.3 Å². The minimum atomic E-state index is -0.131. The average Bonchev–Trinajstić information content (AvgIpc) is 3.25. The number of thiazole rings is 1. The molecule has 0 unspecified atom stereocenters. The molecule has 2 aromatic carbocycles. The lowest BCUT2D eigenvalue weighted by atomic mass is 10.2. The Kier molecular flexibility index (Phi) is 4.12. The maximum absolute atomic E-state index is 12.7. The lowest BCUT2D eigenvalue weighted by Gasteiger charge is -2.22. The highest BCUT2D eigenvalue weighted by Crippen LogP contribution is 2.32. The first-order valence-corrected chi connectivity index (χ1v) is 9.15. The van der Waals surface area contributed by atoms with Gasteiger partial charge >= 0.3 is 0 Å². The molecule has 0 aliphatic carbocycles. The molecule has 6 heteroatoms. The molecular weight excluding hydrogens is 342 g/mol. The van der Waals surface area contributed by atoms with E-state index in [-0.39, 0.29) is 5.91 Å². The molecule has 1 N–H and O–H groups in total. The van der Waals surface area contributed by atoms with E-state index in [9.17, 15) is 4.79 Å². The molecule has 122 valence electrons. The van der Waals surface area contributed by atoms with Crippen LogP contribution in [0.4, 0.5) is 11.4 Å². The van der Waals surface area contributed by atoms with Gasteiger partial charge in [-0.25, -0.2) is 4.98 Å². The highest BCUT2D eigenvalue weighted by molar-refractivity contribution is 7.16. The molecule has 0 spiro atoms. The number of anilines is 2. The third-order valence-corrected chi connectivity index (χ3v) is 5.27. The molecule has 1 fully saturated rings. The standard InChI is InChI=1S/C18H16ClN3OS/c19-13-4-6-16(22-7-1-2-8-22)15(10-13)21-18(23)12-3-5-14-17(9-12)24-11-20-14/h3-6,9-11H,1-2,7-8H2,(H,21,23). The Morgan fingerprint density at radius 2 is 2.00 bits per heavy atom. The summed E-state index contributed by atoms with van der Waals surface area (Å²) in [4.78, 5) is 19.2. The quantitative estimate of drug-likeness (QED) is 0.732. The maximum Gasteiger partial charge on any atom is 0.255 e. The Morgan fingerprint density at radius 3 is 2.83 bits per heavy atom. The Labute approximate surface area is 149 Å². The van der Waals surface area contributed by atoms with Crippen LogP contribution in [0, 0.1) is 0 Å². The van der Waals surface area contributed by atoms with Crippen molar-refractivity contribution in [2.24, 2.45) is 0 Å². The number of nitrogens with one attached hydrogen (secondary N) is 1. The largest absolute Gasteiger partial charge is 0.370 e. The minimum Gasteiger partial charge on any atom is -0.370 e. The fourth-order valence-corrected chi connectivity index (χ4v) is 3.92. The number of halogens is 1. The van der Waals surface area contributed by atoms with Crippen LogP contribution in [0.25, 0.3) is 10.2 Å². The Balaban J connectivity index is 1.63. The molecule has 24 heavy (non-hydrogen) atoms. The van der Waals surface area contributed by atoms with Gasteiger partial charge in [0.2, 0.25) is 0 Å². The van der Waals surface area contributed by atoms with Crippen molar-refractivity contribution >= 4 is 50.4 Å². The first kappa shape index (κ1) is 15.4.